The number of benzene rings is 1. The second-order valence-electron chi connectivity index (χ2n) is 4.61. The smallest absolute Gasteiger partial charge is 0.0525 e. The van der Waals surface area contributed by atoms with Gasteiger partial charge < -0.3 is 4.74 Å². The van der Waals surface area contributed by atoms with Gasteiger partial charge in [0.15, 0.2) is 0 Å². The zero-order chi connectivity index (χ0) is 10.2. The van der Waals surface area contributed by atoms with E-state index in [1.54, 1.807) is 7.11 Å². The van der Waals surface area contributed by atoms with E-state index in [9.17, 15) is 0 Å². The van der Waals surface area contributed by atoms with Crippen LogP contribution in [0.5, 0.6) is 0 Å². The predicted octanol–water partition coefficient (Wildman–Crippen LogP) is 2.76. The van der Waals surface area contributed by atoms with Gasteiger partial charge in [0.05, 0.1) is 6.61 Å². The summed E-state index contributed by atoms with van der Waals surface area (Å²) in [6, 6.07) is 6.67. The van der Waals surface area contributed by atoms with Gasteiger partial charge in [-0.05, 0) is 30.9 Å². The fourth-order valence-corrected chi connectivity index (χ4v) is 2.31. The second-order valence-corrected chi connectivity index (χ2v) is 4.61. The van der Waals surface area contributed by atoms with Crippen molar-refractivity contribution in [3.8, 4) is 0 Å². The average molecular weight is 189 g/mol. The highest BCUT2D eigenvalue weighted by atomic mass is 16.5. The lowest BCUT2D eigenvalue weighted by atomic mass is 9.88. The lowest BCUT2D eigenvalue weighted by molar-refractivity contribution is 0.119. The fraction of sp³-hybridized carbons (Fsp3) is 0.462. The van der Waals surface area contributed by atoms with Gasteiger partial charge in [-0.25, -0.2) is 0 Å². The predicted molar refractivity (Wildman–Crippen MR) is 58.3 cm³/mol. The highest BCUT2D eigenvalue weighted by Crippen LogP contribution is 2.38. The molecular formula is C13H17O. The van der Waals surface area contributed by atoms with Crippen molar-refractivity contribution < 1.29 is 4.74 Å². The lowest BCUT2D eigenvalue weighted by Gasteiger charge is -2.21. The molecule has 0 saturated heterocycles. The minimum atomic E-state index is 0.199. The van der Waals surface area contributed by atoms with E-state index in [-0.39, 0.29) is 5.41 Å². The monoisotopic (exact) mass is 189 g/mol. The highest BCUT2D eigenvalue weighted by molar-refractivity contribution is 5.43. The molecule has 0 aromatic heterocycles. The Morgan fingerprint density at radius 1 is 1.43 bits per heavy atom. The van der Waals surface area contributed by atoms with Crippen LogP contribution in [0.25, 0.3) is 0 Å². The fourth-order valence-electron chi connectivity index (χ4n) is 2.31. The molecule has 1 aromatic rings. The van der Waals surface area contributed by atoms with Crippen molar-refractivity contribution in [1.82, 2.24) is 0 Å². The Labute approximate surface area is 86.1 Å². The van der Waals surface area contributed by atoms with Gasteiger partial charge in [-0.2, -0.15) is 0 Å². The molecule has 1 atom stereocenters. The van der Waals surface area contributed by atoms with Crippen LogP contribution in [0.2, 0.25) is 0 Å². The van der Waals surface area contributed by atoms with Gasteiger partial charge in [0.2, 0.25) is 0 Å². The van der Waals surface area contributed by atoms with Crippen molar-refractivity contribution in [2.24, 2.45) is 5.41 Å². The Hall–Kier alpha value is -0.820. The van der Waals surface area contributed by atoms with Crippen LogP contribution in [0, 0.1) is 18.8 Å². The van der Waals surface area contributed by atoms with Gasteiger partial charge in [0, 0.05) is 12.5 Å². The molecule has 0 bridgehead atoms. The summed E-state index contributed by atoms with van der Waals surface area (Å²) in [4.78, 5) is 0. The van der Waals surface area contributed by atoms with Crippen molar-refractivity contribution in [2.45, 2.75) is 20.3 Å². The maximum atomic E-state index is 5.26. The first-order valence-electron chi connectivity index (χ1n) is 5.07. The van der Waals surface area contributed by atoms with Crippen molar-refractivity contribution in [2.75, 3.05) is 13.7 Å². The molecule has 0 spiro atoms. The minimum Gasteiger partial charge on any atom is -0.384 e. The van der Waals surface area contributed by atoms with E-state index in [1.165, 1.54) is 16.7 Å². The molecule has 0 heterocycles. The topological polar surface area (TPSA) is 9.23 Å². The van der Waals surface area contributed by atoms with Gasteiger partial charge in [0.25, 0.3) is 0 Å². The molecule has 2 rings (SSSR count). The maximum absolute atomic E-state index is 5.26. The standard InChI is InChI=1S/C13H17O/c1-10-4-5-11-7-13(2,9-14-3)8-12(11)6-10/h4-7H,8-9H2,1-3H3. The minimum absolute atomic E-state index is 0.199. The second kappa shape index (κ2) is 3.39. The van der Waals surface area contributed by atoms with Crippen LogP contribution in [0.15, 0.2) is 18.2 Å². The zero-order valence-corrected chi connectivity index (χ0v) is 9.13. The van der Waals surface area contributed by atoms with Crippen LogP contribution in [-0.4, -0.2) is 13.7 Å². The number of ether oxygens (including phenoxy) is 1. The van der Waals surface area contributed by atoms with Gasteiger partial charge in [0.1, 0.15) is 0 Å². The largest absolute Gasteiger partial charge is 0.384 e. The molecule has 0 amide bonds. The van der Waals surface area contributed by atoms with Gasteiger partial charge in [-0.3, -0.25) is 0 Å². The molecule has 1 aliphatic carbocycles. The summed E-state index contributed by atoms with van der Waals surface area (Å²) < 4.78 is 5.26. The first kappa shape index (κ1) is 9.72. The summed E-state index contributed by atoms with van der Waals surface area (Å²) >= 11 is 0. The Morgan fingerprint density at radius 3 is 2.93 bits per heavy atom. The molecule has 1 unspecified atom stereocenters. The number of methoxy groups -OCH3 is 1. The summed E-state index contributed by atoms with van der Waals surface area (Å²) in [7, 11) is 1.77. The Bertz CT molecular complexity index is 343. The summed E-state index contributed by atoms with van der Waals surface area (Å²) in [5.74, 6) is 0. The first-order chi connectivity index (χ1) is 6.63. The van der Waals surface area contributed by atoms with Crippen molar-refractivity contribution in [3.63, 3.8) is 0 Å². The maximum Gasteiger partial charge on any atom is 0.0525 e. The highest BCUT2D eigenvalue weighted by Gasteiger charge is 2.32. The molecule has 0 fully saturated rings. The molecule has 1 aromatic carbocycles. The normalized spacial score (nSPS) is 25.1. The molecule has 0 saturated carbocycles. The number of hydrogen-bond donors (Lipinski definition) is 0. The third kappa shape index (κ3) is 1.69. The Balaban J connectivity index is 2.25. The summed E-state index contributed by atoms with van der Waals surface area (Å²) in [6.07, 6.45) is 3.45. The third-order valence-electron chi connectivity index (χ3n) is 2.87. The summed E-state index contributed by atoms with van der Waals surface area (Å²) in [5, 5.41) is 0. The molecule has 0 N–H and O–H groups in total. The van der Waals surface area contributed by atoms with Crippen LogP contribution in [-0.2, 0) is 11.2 Å². The van der Waals surface area contributed by atoms with Gasteiger partial charge in [-0.15, -0.1) is 0 Å². The van der Waals surface area contributed by atoms with E-state index >= 15 is 0 Å². The molecule has 1 nitrogen and oxygen atoms in total. The summed E-state index contributed by atoms with van der Waals surface area (Å²) in [5.41, 5.74) is 4.39. The van der Waals surface area contributed by atoms with E-state index in [4.69, 9.17) is 4.74 Å². The van der Waals surface area contributed by atoms with E-state index in [0.717, 1.165) is 13.0 Å². The van der Waals surface area contributed by atoms with Crippen molar-refractivity contribution in [3.05, 3.63) is 41.3 Å². The molecule has 1 aliphatic rings. The quantitative estimate of drug-likeness (QED) is 0.695. The molecule has 1 radical (unpaired) electrons. The van der Waals surface area contributed by atoms with E-state index < -0.39 is 0 Å². The van der Waals surface area contributed by atoms with Crippen LogP contribution in [0.1, 0.15) is 23.6 Å². The van der Waals surface area contributed by atoms with Crippen LogP contribution in [0.4, 0.5) is 0 Å². The van der Waals surface area contributed by atoms with E-state index in [1.807, 2.05) is 0 Å². The molecule has 0 aliphatic heterocycles. The van der Waals surface area contributed by atoms with E-state index in [0.29, 0.717) is 0 Å². The Morgan fingerprint density at radius 2 is 2.21 bits per heavy atom. The number of hydrogen-bond acceptors (Lipinski definition) is 1. The van der Waals surface area contributed by atoms with Crippen LogP contribution in [0.3, 0.4) is 0 Å². The van der Waals surface area contributed by atoms with Gasteiger partial charge in [-0.1, -0.05) is 30.7 Å². The first-order valence-corrected chi connectivity index (χ1v) is 5.07. The van der Waals surface area contributed by atoms with E-state index in [2.05, 4.69) is 38.5 Å². The molecule has 75 valence electrons. The molecule has 1 heteroatoms. The zero-order valence-electron chi connectivity index (χ0n) is 9.13. The Kier molecular flexibility index (Phi) is 2.36. The van der Waals surface area contributed by atoms with Crippen LogP contribution < -0.4 is 0 Å². The van der Waals surface area contributed by atoms with Crippen LogP contribution >= 0.6 is 0 Å². The van der Waals surface area contributed by atoms with Crippen molar-refractivity contribution >= 4 is 0 Å². The third-order valence-corrected chi connectivity index (χ3v) is 2.87. The number of fused-ring (bicyclic) bond motifs is 1. The number of rotatable bonds is 2. The molecular weight excluding hydrogens is 172 g/mol. The SMILES string of the molecule is COCC1(C)[CH]c2ccc(C)cc2C1. The molecule has 14 heavy (non-hydrogen) atoms. The number of aryl methyl sites for hydroxylation is 1. The summed E-state index contributed by atoms with van der Waals surface area (Å²) in [6.45, 7) is 5.21. The average Bonchev–Trinajstić information content (AvgIpc) is 2.40. The van der Waals surface area contributed by atoms with Gasteiger partial charge >= 0.3 is 0 Å². The van der Waals surface area contributed by atoms with Crippen molar-refractivity contribution in [1.29, 1.82) is 0 Å². The lowest BCUT2D eigenvalue weighted by Crippen LogP contribution is -2.21.